The molecule has 3 nitrogen and oxygen atoms in total. The summed E-state index contributed by atoms with van der Waals surface area (Å²) in [5.74, 6) is 0.697. The average Bonchev–Trinajstić information content (AvgIpc) is 2.22. The highest BCUT2D eigenvalue weighted by Crippen LogP contribution is 2.09. The summed E-state index contributed by atoms with van der Waals surface area (Å²) in [6, 6.07) is 0.755. The van der Waals surface area contributed by atoms with Gasteiger partial charge in [-0.2, -0.15) is 0 Å². The van der Waals surface area contributed by atoms with Crippen LogP contribution in [0.2, 0.25) is 0 Å². The summed E-state index contributed by atoms with van der Waals surface area (Å²) >= 11 is 0. The smallest absolute Gasteiger partial charge is 0.0593 e. The Morgan fingerprint density at radius 2 is 2.38 bits per heavy atom. The maximum atomic E-state index is 5.51. The van der Waals surface area contributed by atoms with E-state index < -0.39 is 0 Å². The summed E-state index contributed by atoms with van der Waals surface area (Å²) < 4.78 is 5.51. The summed E-state index contributed by atoms with van der Waals surface area (Å²) in [5, 5.41) is 3.45. The van der Waals surface area contributed by atoms with E-state index in [4.69, 9.17) is 4.74 Å². The second-order valence-electron chi connectivity index (χ2n) is 4.38. The fourth-order valence-corrected chi connectivity index (χ4v) is 2.04. The van der Waals surface area contributed by atoms with Crippen LogP contribution >= 0.6 is 0 Å². The first kappa shape index (κ1) is 9.44. The molecule has 0 aromatic carbocycles. The lowest BCUT2D eigenvalue weighted by Crippen LogP contribution is -2.51. The van der Waals surface area contributed by atoms with E-state index in [1.807, 2.05) is 0 Å². The molecule has 1 N–H and O–H groups in total. The van der Waals surface area contributed by atoms with E-state index in [9.17, 15) is 0 Å². The van der Waals surface area contributed by atoms with E-state index >= 15 is 0 Å². The van der Waals surface area contributed by atoms with Crippen LogP contribution in [0.15, 0.2) is 0 Å². The minimum absolute atomic E-state index is 0.697. The van der Waals surface area contributed by atoms with Crippen molar-refractivity contribution >= 4 is 0 Å². The molecule has 76 valence electrons. The molecule has 0 radical (unpaired) electrons. The molecule has 3 heteroatoms. The molecule has 2 aliphatic rings. The quantitative estimate of drug-likeness (QED) is 0.669. The molecule has 2 atom stereocenters. The van der Waals surface area contributed by atoms with Gasteiger partial charge in [0.05, 0.1) is 13.2 Å². The lowest BCUT2D eigenvalue weighted by Gasteiger charge is -2.33. The van der Waals surface area contributed by atoms with Crippen molar-refractivity contribution in [2.45, 2.75) is 19.4 Å². The highest BCUT2D eigenvalue weighted by molar-refractivity contribution is 4.81. The standard InChI is InChI=1S/C10H20N2O/c1-9-6-12(4-5-13-8-9)7-10-2-3-11-10/h9-11H,2-8H2,1H3. The number of rotatable bonds is 2. The molecule has 0 aliphatic carbocycles. The molecule has 0 bridgehead atoms. The van der Waals surface area contributed by atoms with Crippen LogP contribution in [-0.2, 0) is 4.74 Å². The van der Waals surface area contributed by atoms with E-state index in [-0.39, 0.29) is 0 Å². The molecule has 2 aliphatic heterocycles. The van der Waals surface area contributed by atoms with Gasteiger partial charge in [0.25, 0.3) is 0 Å². The molecule has 2 unspecified atom stereocenters. The van der Waals surface area contributed by atoms with Crippen molar-refractivity contribution in [1.82, 2.24) is 10.2 Å². The predicted molar refractivity (Wildman–Crippen MR) is 52.8 cm³/mol. The van der Waals surface area contributed by atoms with Crippen LogP contribution < -0.4 is 5.32 Å². The van der Waals surface area contributed by atoms with Crippen LogP contribution in [0.3, 0.4) is 0 Å². The van der Waals surface area contributed by atoms with Gasteiger partial charge in [-0.25, -0.2) is 0 Å². The molecule has 13 heavy (non-hydrogen) atoms. The molecule has 0 aromatic heterocycles. The van der Waals surface area contributed by atoms with Crippen LogP contribution in [0.4, 0.5) is 0 Å². The number of nitrogens with zero attached hydrogens (tertiary/aromatic N) is 1. The monoisotopic (exact) mass is 184 g/mol. The predicted octanol–water partition coefficient (Wildman–Crippen LogP) is 0.317. The van der Waals surface area contributed by atoms with Crippen LogP contribution in [-0.4, -0.2) is 50.3 Å². The van der Waals surface area contributed by atoms with E-state index in [0.717, 1.165) is 25.8 Å². The summed E-state index contributed by atoms with van der Waals surface area (Å²) in [5.41, 5.74) is 0. The van der Waals surface area contributed by atoms with Crippen molar-refractivity contribution in [3.63, 3.8) is 0 Å². The molecule has 0 amide bonds. The fraction of sp³-hybridized carbons (Fsp3) is 1.00. The molecule has 2 saturated heterocycles. The molecule has 0 spiro atoms. The summed E-state index contributed by atoms with van der Waals surface area (Å²) in [6.07, 6.45) is 1.35. The van der Waals surface area contributed by atoms with Crippen LogP contribution in [0, 0.1) is 5.92 Å². The van der Waals surface area contributed by atoms with Crippen molar-refractivity contribution in [1.29, 1.82) is 0 Å². The third-order valence-electron chi connectivity index (χ3n) is 2.93. The van der Waals surface area contributed by atoms with Gasteiger partial charge in [0.2, 0.25) is 0 Å². The minimum Gasteiger partial charge on any atom is -0.380 e. The SMILES string of the molecule is CC1COCCN(CC2CCN2)C1. The van der Waals surface area contributed by atoms with Crippen LogP contribution in [0.5, 0.6) is 0 Å². The Bertz CT molecular complexity index is 159. The first-order chi connectivity index (χ1) is 6.34. The summed E-state index contributed by atoms with van der Waals surface area (Å²) in [4.78, 5) is 2.54. The molecule has 2 heterocycles. The van der Waals surface area contributed by atoms with Gasteiger partial charge >= 0.3 is 0 Å². The minimum atomic E-state index is 0.697. The Balaban J connectivity index is 1.75. The Kier molecular flexibility index (Phi) is 3.19. The second-order valence-corrected chi connectivity index (χ2v) is 4.38. The first-order valence-electron chi connectivity index (χ1n) is 5.38. The lowest BCUT2D eigenvalue weighted by atomic mass is 10.1. The molecular formula is C10H20N2O. The van der Waals surface area contributed by atoms with Crippen LogP contribution in [0.1, 0.15) is 13.3 Å². The van der Waals surface area contributed by atoms with Gasteiger partial charge in [-0.3, -0.25) is 4.90 Å². The molecule has 2 fully saturated rings. The Morgan fingerprint density at radius 3 is 3.08 bits per heavy atom. The maximum absolute atomic E-state index is 5.51. The third-order valence-corrected chi connectivity index (χ3v) is 2.93. The topological polar surface area (TPSA) is 24.5 Å². The van der Waals surface area contributed by atoms with Crippen molar-refractivity contribution < 1.29 is 4.74 Å². The highest BCUT2D eigenvalue weighted by atomic mass is 16.5. The Labute approximate surface area is 80.4 Å². The number of ether oxygens (including phenoxy) is 1. The molecular weight excluding hydrogens is 164 g/mol. The van der Waals surface area contributed by atoms with Crippen molar-refractivity contribution in [2.75, 3.05) is 39.4 Å². The average molecular weight is 184 g/mol. The van der Waals surface area contributed by atoms with Gasteiger partial charge in [-0.15, -0.1) is 0 Å². The van der Waals surface area contributed by atoms with Gasteiger partial charge in [0.1, 0.15) is 0 Å². The van der Waals surface area contributed by atoms with Crippen LogP contribution in [0.25, 0.3) is 0 Å². The normalized spacial score (nSPS) is 36.7. The highest BCUT2D eigenvalue weighted by Gasteiger charge is 2.22. The number of nitrogens with one attached hydrogen (secondary N) is 1. The maximum Gasteiger partial charge on any atom is 0.0593 e. The largest absolute Gasteiger partial charge is 0.380 e. The Hall–Kier alpha value is -0.120. The van der Waals surface area contributed by atoms with Gasteiger partial charge in [-0.05, 0) is 18.9 Å². The molecule has 2 rings (SSSR count). The zero-order valence-corrected chi connectivity index (χ0v) is 8.46. The fourth-order valence-electron chi connectivity index (χ4n) is 2.04. The second kappa shape index (κ2) is 4.40. The lowest BCUT2D eigenvalue weighted by molar-refractivity contribution is 0.124. The third kappa shape index (κ3) is 2.66. The zero-order valence-electron chi connectivity index (χ0n) is 8.46. The summed E-state index contributed by atoms with van der Waals surface area (Å²) in [6.45, 7) is 8.87. The van der Waals surface area contributed by atoms with Crippen molar-refractivity contribution in [3.05, 3.63) is 0 Å². The van der Waals surface area contributed by atoms with Gasteiger partial charge in [-0.1, -0.05) is 6.92 Å². The summed E-state index contributed by atoms with van der Waals surface area (Å²) in [7, 11) is 0. The first-order valence-corrected chi connectivity index (χ1v) is 5.38. The van der Waals surface area contributed by atoms with E-state index in [0.29, 0.717) is 5.92 Å². The number of hydrogen-bond acceptors (Lipinski definition) is 3. The zero-order chi connectivity index (χ0) is 9.10. The van der Waals surface area contributed by atoms with Gasteiger partial charge in [0.15, 0.2) is 0 Å². The van der Waals surface area contributed by atoms with E-state index in [1.165, 1.54) is 26.1 Å². The molecule has 0 aromatic rings. The van der Waals surface area contributed by atoms with E-state index in [1.54, 1.807) is 0 Å². The van der Waals surface area contributed by atoms with E-state index in [2.05, 4.69) is 17.1 Å². The van der Waals surface area contributed by atoms with Crippen molar-refractivity contribution in [3.8, 4) is 0 Å². The Morgan fingerprint density at radius 1 is 1.54 bits per heavy atom. The van der Waals surface area contributed by atoms with Gasteiger partial charge in [0, 0.05) is 25.7 Å². The van der Waals surface area contributed by atoms with Crippen molar-refractivity contribution in [2.24, 2.45) is 5.92 Å². The molecule has 0 saturated carbocycles. The number of hydrogen-bond donors (Lipinski definition) is 1. The van der Waals surface area contributed by atoms with Gasteiger partial charge < -0.3 is 10.1 Å².